The van der Waals surface area contributed by atoms with Gasteiger partial charge in [-0.2, -0.15) is 5.10 Å². The molecule has 2 heterocycles. The van der Waals surface area contributed by atoms with Crippen LogP contribution in [0.15, 0.2) is 53.8 Å². The number of rotatable bonds is 8. The number of methoxy groups -OCH3 is 2. The standard InChI is InChI=1S/C23H25F2N5O2/c1-29-14-16(12-28-29)22(15-7-8-21(32-3)19(25)11-15)30-20-6-4-5-18(24)17(20)13-27-23(30)26-9-10-31-2/h4-8,11-14,22-23,26H,9-10H2,1-3H3/t22?,23-/m1/s1. The van der Waals surface area contributed by atoms with Gasteiger partial charge in [0.2, 0.25) is 0 Å². The van der Waals surface area contributed by atoms with E-state index >= 15 is 0 Å². The lowest BCUT2D eigenvalue weighted by molar-refractivity contribution is 0.195. The Kier molecular flexibility index (Phi) is 6.48. The molecule has 32 heavy (non-hydrogen) atoms. The third-order valence-corrected chi connectivity index (χ3v) is 5.36. The van der Waals surface area contributed by atoms with Crippen molar-refractivity contribution >= 4 is 11.9 Å². The fourth-order valence-electron chi connectivity index (χ4n) is 3.90. The predicted molar refractivity (Wildman–Crippen MR) is 118 cm³/mol. The molecule has 0 bridgehead atoms. The second kappa shape index (κ2) is 9.46. The van der Waals surface area contributed by atoms with Crippen LogP contribution >= 0.6 is 0 Å². The quantitative estimate of drug-likeness (QED) is 0.544. The van der Waals surface area contributed by atoms with E-state index in [0.29, 0.717) is 30.0 Å². The molecule has 1 aliphatic rings. The van der Waals surface area contributed by atoms with Crippen LogP contribution in [0.5, 0.6) is 5.75 Å². The monoisotopic (exact) mass is 441 g/mol. The number of ether oxygens (including phenoxy) is 2. The Morgan fingerprint density at radius 1 is 1.12 bits per heavy atom. The van der Waals surface area contributed by atoms with Crippen LogP contribution in [0.25, 0.3) is 0 Å². The summed E-state index contributed by atoms with van der Waals surface area (Å²) in [6, 6.07) is 9.19. The zero-order chi connectivity index (χ0) is 22.7. The van der Waals surface area contributed by atoms with Crippen molar-refractivity contribution < 1.29 is 18.3 Å². The molecule has 7 nitrogen and oxygen atoms in total. The van der Waals surface area contributed by atoms with Gasteiger partial charge in [0.25, 0.3) is 0 Å². The van der Waals surface area contributed by atoms with Gasteiger partial charge in [0, 0.05) is 38.7 Å². The van der Waals surface area contributed by atoms with Gasteiger partial charge >= 0.3 is 0 Å². The van der Waals surface area contributed by atoms with Crippen LogP contribution in [0.4, 0.5) is 14.5 Å². The van der Waals surface area contributed by atoms with Gasteiger partial charge in [-0.05, 0) is 29.8 Å². The first-order chi connectivity index (χ1) is 15.5. The van der Waals surface area contributed by atoms with Crippen LogP contribution in [0.2, 0.25) is 0 Å². The fourth-order valence-corrected chi connectivity index (χ4v) is 3.90. The van der Waals surface area contributed by atoms with Gasteiger partial charge in [0.1, 0.15) is 5.82 Å². The summed E-state index contributed by atoms with van der Waals surface area (Å²) in [6.45, 7) is 1.00. The topological polar surface area (TPSA) is 63.9 Å². The Bertz CT molecular complexity index is 1120. The summed E-state index contributed by atoms with van der Waals surface area (Å²) in [7, 11) is 4.85. The maximum atomic E-state index is 14.7. The van der Waals surface area contributed by atoms with Crippen molar-refractivity contribution in [3.63, 3.8) is 0 Å². The molecule has 0 amide bonds. The van der Waals surface area contributed by atoms with Gasteiger partial charge < -0.3 is 14.4 Å². The molecular weight excluding hydrogens is 416 g/mol. The molecule has 1 unspecified atom stereocenters. The van der Waals surface area contributed by atoms with Crippen molar-refractivity contribution in [1.29, 1.82) is 0 Å². The molecule has 0 saturated heterocycles. The van der Waals surface area contributed by atoms with E-state index in [4.69, 9.17) is 9.47 Å². The van der Waals surface area contributed by atoms with Gasteiger partial charge in [-0.3, -0.25) is 15.0 Å². The van der Waals surface area contributed by atoms with Crippen molar-refractivity contribution in [2.45, 2.75) is 12.3 Å². The Morgan fingerprint density at radius 2 is 1.97 bits per heavy atom. The summed E-state index contributed by atoms with van der Waals surface area (Å²) in [5, 5.41) is 7.64. The lowest BCUT2D eigenvalue weighted by atomic mass is 9.97. The van der Waals surface area contributed by atoms with Crippen molar-refractivity contribution in [3.05, 3.63) is 77.1 Å². The first-order valence-corrected chi connectivity index (χ1v) is 10.2. The molecule has 1 N–H and O–H groups in total. The molecule has 4 rings (SSSR count). The number of aryl methyl sites for hydroxylation is 1. The summed E-state index contributed by atoms with van der Waals surface area (Å²) in [6.07, 6.45) is 4.57. The van der Waals surface area contributed by atoms with Crippen molar-refractivity contribution in [2.24, 2.45) is 12.0 Å². The summed E-state index contributed by atoms with van der Waals surface area (Å²) < 4.78 is 41.3. The van der Waals surface area contributed by atoms with Crippen LogP contribution in [0.3, 0.4) is 0 Å². The second-order valence-corrected chi connectivity index (χ2v) is 7.42. The van der Waals surface area contributed by atoms with E-state index in [1.54, 1.807) is 36.2 Å². The van der Waals surface area contributed by atoms with Gasteiger partial charge in [-0.1, -0.05) is 12.1 Å². The molecule has 0 spiro atoms. The number of aliphatic imine (C=N–C) groups is 1. The lowest BCUT2D eigenvalue weighted by Gasteiger charge is -2.41. The number of anilines is 1. The average Bonchev–Trinajstić information content (AvgIpc) is 3.21. The van der Waals surface area contributed by atoms with Crippen LogP contribution < -0.4 is 15.0 Å². The van der Waals surface area contributed by atoms with E-state index in [9.17, 15) is 8.78 Å². The number of nitrogens with one attached hydrogen (secondary N) is 1. The third kappa shape index (κ3) is 4.21. The number of halogens is 2. The SMILES string of the molecule is COCCN[C@@H]1N=Cc2c(F)cccc2N1C(c1ccc(OC)c(F)c1)c1cnn(C)c1. The average molecular weight is 441 g/mol. The van der Waals surface area contributed by atoms with Gasteiger partial charge in [0.05, 0.1) is 37.2 Å². The Morgan fingerprint density at radius 3 is 2.66 bits per heavy atom. The lowest BCUT2D eigenvalue weighted by Crippen LogP contribution is -2.49. The minimum Gasteiger partial charge on any atom is -0.494 e. The predicted octanol–water partition coefficient (Wildman–Crippen LogP) is 3.26. The number of hydrogen-bond acceptors (Lipinski definition) is 6. The van der Waals surface area contributed by atoms with Crippen molar-refractivity contribution in [1.82, 2.24) is 15.1 Å². The van der Waals surface area contributed by atoms with Crippen LogP contribution in [-0.2, 0) is 11.8 Å². The zero-order valence-corrected chi connectivity index (χ0v) is 18.1. The van der Waals surface area contributed by atoms with Crippen LogP contribution in [-0.4, -0.2) is 49.7 Å². The van der Waals surface area contributed by atoms with Gasteiger partial charge in [-0.15, -0.1) is 0 Å². The van der Waals surface area contributed by atoms with Gasteiger partial charge in [0.15, 0.2) is 17.9 Å². The minimum atomic E-state index is -0.533. The van der Waals surface area contributed by atoms with Gasteiger partial charge in [-0.25, -0.2) is 8.78 Å². The second-order valence-electron chi connectivity index (χ2n) is 7.42. The largest absolute Gasteiger partial charge is 0.494 e. The summed E-state index contributed by atoms with van der Waals surface area (Å²) in [4.78, 5) is 6.51. The van der Waals surface area contributed by atoms with E-state index in [-0.39, 0.29) is 11.6 Å². The maximum Gasteiger partial charge on any atom is 0.177 e. The normalized spacial score (nSPS) is 16.2. The molecule has 0 aliphatic carbocycles. The molecule has 9 heteroatoms. The molecule has 2 atom stereocenters. The fraction of sp³-hybridized carbons (Fsp3) is 0.304. The zero-order valence-electron chi connectivity index (χ0n) is 18.1. The Balaban J connectivity index is 1.87. The minimum absolute atomic E-state index is 0.150. The first-order valence-electron chi connectivity index (χ1n) is 10.2. The highest BCUT2D eigenvalue weighted by Crippen LogP contribution is 2.39. The molecule has 0 radical (unpaired) electrons. The van der Waals surface area contributed by atoms with Crippen molar-refractivity contribution in [2.75, 3.05) is 32.3 Å². The number of fused-ring (bicyclic) bond motifs is 1. The first kappa shape index (κ1) is 21.9. The maximum absolute atomic E-state index is 14.7. The molecule has 1 aromatic heterocycles. The van der Waals surface area contributed by atoms with E-state index < -0.39 is 18.1 Å². The van der Waals surface area contributed by atoms with E-state index in [2.05, 4.69) is 15.4 Å². The molecule has 2 aromatic carbocycles. The number of hydrogen-bond donors (Lipinski definition) is 1. The highest BCUT2D eigenvalue weighted by atomic mass is 19.1. The highest BCUT2D eigenvalue weighted by Gasteiger charge is 2.34. The number of aromatic nitrogens is 2. The highest BCUT2D eigenvalue weighted by molar-refractivity contribution is 5.91. The smallest absolute Gasteiger partial charge is 0.177 e. The van der Waals surface area contributed by atoms with Crippen LogP contribution in [0, 0.1) is 11.6 Å². The number of benzene rings is 2. The molecule has 0 saturated carbocycles. The van der Waals surface area contributed by atoms with Crippen LogP contribution in [0.1, 0.15) is 22.7 Å². The van der Waals surface area contributed by atoms with E-state index in [1.807, 2.05) is 24.2 Å². The summed E-state index contributed by atoms with van der Waals surface area (Å²) in [5.41, 5.74) is 2.48. The Labute approximate surface area is 185 Å². The third-order valence-electron chi connectivity index (χ3n) is 5.36. The van der Waals surface area contributed by atoms with E-state index in [1.165, 1.54) is 25.5 Å². The van der Waals surface area contributed by atoms with Crippen molar-refractivity contribution in [3.8, 4) is 5.75 Å². The Hall–Kier alpha value is -3.30. The molecule has 1 aliphatic heterocycles. The summed E-state index contributed by atoms with van der Waals surface area (Å²) >= 11 is 0. The molecular formula is C23H25F2N5O2. The summed E-state index contributed by atoms with van der Waals surface area (Å²) in [5.74, 6) is -0.711. The number of nitrogens with zero attached hydrogens (tertiary/aromatic N) is 4. The molecule has 3 aromatic rings. The van der Waals surface area contributed by atoms with E-state index in [0.717, 1.165) is 5.56 Å². The molecule has 0 fully saturated rings. The molecule has 168 valence electrons.